The van der Waals surface area contributed by atoms with E-state index >= 15 is 0 Å². The summed E-state index contributed by atoms with van der Waals surface area (Å²) in [4.78, 5) is 23.5. The van der Waals surface area contributed by atoms with Crippen molar-refractivity contribution in [3.05, 3.63) is 0 Å². The lowest BCUT2D eigenvalue weighted by atomic mass is 9.87. The van der Waals surface area contributed by atoms with E-state index in [9.17, 15) is 14.7 Å². The lowest BCUT2D eigenvalue weighted by Crippen LogP contribution is -2.52. The molecule has 1 amide bonds. The normalized spacial score (nSPS) is 29.9. The topological polar surface area (TPSA) is 78.4 Å². The van der Waals surface area contributed by atoms with Gasteiger partial charge in [0, 0.05) is 12.0 Å². The molecule has 1 aliphatic carbocycles. The molecule has 1 heterocycles. The molecule has 2 fully saturated rings. The summed E-state index contributed by atoms with van der Waals surface area (Å²) in [6, 6.07) is -0.192. The summed E-state index contributed by atoms with van der Waals surface area (Å²) in [5.74, 6) is -0.805. The highest BCUT2D eigenvalue weighted by Crippen LogP contribution is 2.25. The Bertz CT molecular complexity index is 342. The smallest absolute Gasteiger partial charge is 0.308 e. The Labute approximate surface area is 114 Å². The molecule has 0 aromatic rings. The number of carboxylic acid groups (broad SMARTS) is 1. The van der Waals surface area contributed by atoms with Gasteiger partial charge in [0.2, 0.25) is 5.91 Å². The zero-order valence-electron chi connectivity index (χ0n) is 11.5. The van der Waals surface area contributed by atoms with E-state index in [4.69, 9.17) is 0 Å². The zero-order valence-corrected chi connectivity index (χ0v) is 11.5. The van der Waals surface area contributed by atoms with E-state index in [0.717, 1.165) is 38.8 Å². The number of nitrogens with one attached hydrogen (secondary N) is 2. The molecule has 2 rings (SSSR count). The number of carboxylic acids is 1. The standard InChI is InChI=1S/C14H24N2O3/c1-9(10-7-15-8-10)13(17)16-12-6-4-2-3-5-11(12)14(18)19/h9-12,15H,2-8H2,1H3,(H,16,17)(H,18,19). The van der Waals surface area contributed by atoms with Crippen LogP contribution in [0.15, 0.2) is 0 Å². The van der Waals surface area contributed by atoms with Gasteiger partial charge in [-0.25, -0.2) is 0 Å². The summed E-state index contributed by atoms with van der Waals surface area (Å²) < 4.78 is 0. The molecule has 5 heteroatoms. The van der Waals surface area contributed by atoms with Gasteiger partial charge in [-0.3, -0.25) is 9.59 Å². The molecular formula is C14H24N2O3. The molecule has 3 atom stereocenters. The minimum atomic E-state index is -0.773. The second kappa shape index (κ2) is 6.37. The first-order valence-electron chi connectivity index (χ1n) is 7.33. The van der Waals surface area contributed by atoms with Gasteiger partial charge in [0.25, 0.3) is 0 Å². The van der Waals surface area contributed by atoms with Gasteiger partial charge in [-0.15, -0.1) is 0 Å². The van der Waals surface area contributed by atoms with Crippen molar-refractivity contribution in [3.63, 3.8) is 0 Å². The Morgan fingerprint density at radius 3 is 2.47 bits per heavy atom. The SMILES string of the molecule is CC(C(=O)NC1CCCCCC1C(=O)O)C1CNC1. The van der Waals surface area contributed by atoms with E-state index in [2.05, 4.69) is 10.6 Å². The first-order chi connectivity index (χ1) is 9.09. The van der Waals surface area contributed by atoms with Gasteiger partial charge in [-0.2, -0.15) is 0 Å². The van der Waals surface area contributed by atoms with Gasteiger partial charge >= 0.3 is 5.97 Å². The molecule has 108 valence electrons. The first-order valence-corrected chi connectivity index (χ1v) is 7.33. The van der Waals surface area contributed by atoms with Crippen LogP contribution in [0.5, 0.6) is 0 Å². The first kappa shape index (κ1) is 14.3. The predicted octanol–water partition coefficient (Wildman–Crippen LogP) is 0.992. The maximum Gasteiger partial charge on any atom is 0.308 e. The van der Waals surface area contributed by atoms with Crippen LogP contribution in [0.4, 0.5) is 0 Å². The third-order valence-corrected chi connectivity index (χ3v) is 4.59. The van der Waals surface area contributed by atoms with Crippen LogP contribution in [-0.2, 0) is 9.59 Å². The number of amides is 1. The molecule has 1 saturated carbocycles. The van der Waals surface area contributed by atoms with Crippen LogP contribution >= 0.6 is 0 Å². The average Bonchev–Trinajstić information content (AvgIpc) is 2.52. The molecule has 1 aliphatic heterocycles. The third kappa shape index (κ3) is 3.47. The number of hydrogen-bond acceptors (Lipinski definition) is 3. The van der Waals surface area contributed by atoms with Crippen molar-refractivity contribution < 1.29 is 14.7 Å². The Kier molecular flexibility index (Phi) is 4.80. The number of rotatable bonds is 4. The minimum Gasteiger partial charge on any atom is -0.481 e. The molecule has 0 spiro atoms. The van der Waals surface area contributed by atoms with E-state index in [0.29, 0.717) is 12.3 Å². The number of carbonyl (C=O) groups is 2. The highest BCUT2D eigenvalue weighted by molar-refractivity contribution is 5.80. The fraction of sp³-hybridized carbons (Fsp3) is 0.857. The summed E-state index contributed by atoms with van der Waals surface area (Å²) in [6.07, 6.45) is 4.50. The van der Waals surface area contributed by atoms with Crippen LogP contribution in [0.25, 0.3) is 0 Å². The predicted molar refractivity (Wildman–Crippen MR) is 71.7 cm³/mol. The van der Waals surface area contributed by atoms with Crippen LogP contribution < -0.4 is 10.6 Å². The lowest BCUT2D eigenvalue weighted by molar-refractivity contribution is -0.143. The van der Waals surface area contributed by atoms with Gasteiger partial charge in [0.05, 0.1) is 5.92 Å². The minimum absolute atomic E-state index is 0.0182. The molecule has 0 bridgehead atoms. The van der Waals surface area contributed by atoms with Crippen molar-refractivity contribution in [2.24, 2.45) is 17.8 Å². The summed E-state index contributed by atoms with van der Waals surface area (Å²) >= 11 is 0. The Hall–Kier alpha value is -1.10. The molecule has 1 saturated heterocycles. The van der Waals surface area contributed by atoms with Crippen LogP contribution in [-0.4, -0.2) is 36.1 Å². The Morgan fingerprint density at radius 2 is 1.89 bits per heavy atom. The van der Waals surface area contributed by atoms with Crippen molar-refractivity contribution >= 4 is 11.9 Å². The molecule has 19 heavy (non-hydrogen) atoms. The van der Waals surface area contributed by atoms with Gasteiger partial charge < -0.3 is 15.7 Å². The fourth-order valence-electron chi connectivity index (χ4n) is 2.97. The van der Waals surface area contributed by atoms with Crippen LogP contribution in [0.2, 0.25) is 0 Å². The monoisotopic (exact) mass is 268 g/mol. The average molecular weight is 268 g/mol. The van der Waals surface area contributed by atoms with Crippen LogP contribution in [0.1, 0.15) is 39.0 Å². The molecule has 3 N–H and O–H groups in total. The maximum atomic E-state index is 12.2. The van der Waals surface area contributed by atoms with E-state index in [1.54, 1.807) is 0 Å². The molecular weight excluding hydrogens is 244 g/mol. The van der Waals surface area contributed by atoms with E-state index in [1.165, 1.54) is 0 Å². The quantitative estimate of drug-likeness (QED) is 0.664. The Balaban J connectivity index is 1.93. The van der Waals surface area contributed by atoms with Gasteiger partial charge in [0.15, 0.2) is 0 Å². The van der Waals surface area contributed by atoms with Crippen LogP contribution in [0.3, 0.4) is 0 Å². The highest BCUT2D eigenvalue weighted by atomic mass is 16.4. The molecule has 2 aliphatic rings. The second-order valence-electron chi connectivity index (χ2n) is 5.90. The largest absolute Gasteiger partial charge is 0.481 e. The number of hydrogen-bond donors (Lipinski definition) is 3. The van der Waals surface area contributed by atoms with Crippen LogP contribution in [0, 0.1) is 17.8 Å². The summed E-state index contributed by atoms with van der Waals surface area (Å²) in [6.45, 7) is 3.72. The zero-order chi connectivity index (χ0) is 13.8. The van der Waals surface area contributed by atoms with Gasteiger partial charge in [-0.1, -0.05) is 26.2 Å². The van der Waals surface area contributed by atoms with Crippen molar-refractivity contribution in [2.75, 3.05) is 13.1 Å². The fourth-order valence-corrected chi connectivity index (χ4v) is 2.97. The molecule has 5 nitrogen and oxygen atoms in total. The number of aliphatic carboxylic acids is 1. The maximum absolute atomic E-state index is 12.2. The summed E-state index contributed by atoms with van der Waals surface area (Å²) in [5, 5.41) is 15.4. The molecule has 0 aromatic heterocycles. The molecule has 0 aromatic carbocycles. The molecule has 0 radical (unpaired) electrons. The van der Waals surface area contributed by atoms with Crippen molar-refractivity contribution in [1.82, 2.24) is 10.6 Å². The van der Waals surface area contributed by atoms with Crippen molar-refractivity contribution in [3.8, 4) is 0 Å². The van der Waals surface area contributed by atoms with Gasteiger partial charge in [-0.05, 0) is 31.8 Å². The van der Waals surface area contributed by atoms with Crippen molar-refractivity contribution in [2.45, 2.75) is 45.1 Å². The third-order valence-electron chi connectivity index (χ3n) is 4.59. The van der Waals surface area contributed by atoms with Crippen molar-refractivity contribution in [1.29, 1.82) is 0 Å². The van der Waals surface area contributed by atoms with E-state index in [-0.39, 0.29) is 17.9 Å². The van der Waals surface area contributed by atoms with E-state index < -0.39 is 11.9 Å². The molecule has 3 unspecified atom stereocenters. The number of carbonyl (C=O) groups excluding carboxylic acids is 1. The Morgan fingerprint density at radius 1 is 1.21 bits per heavy atom. The summed E-state index contributed by atoms with van der Waals surface area (Å²) in [7, 11) is 0. The van der Waals surface area contributed by atoms with Gasteiger partial charge in [0.1, 0.15) is 0 Å². The lowest BCUT2D eigenvalue weighted by Gasteiger charge is -2.33. The highest BCUT2D eigenvalue weighted by Gasteiger charge is 2.34. The van der Waals surface area contributed by atoms with E-state index in [1.807, 2.05) is 6.92 Å². The second-order valence-corrected chi connectivity index (χ2v) is 5.90. The summed E-state index contributed by atoms with van der Waals surface area (Å²) in [5.41, 5.74) is 0.